The van der Waals surface area contributed by atoms with Crippen molar-refractivity contribution in [2.45, 2.75) is 49.8 Å². The summed E-state index contributed by atoms with van der Waals surface area (Å²) < 4.78 is 25.0. The third-order valence-corrected chi connectivity index (χ3v) is 10.5. The zero-order chi connectivity index (χ0) is 21.7. The van der Waals surface area contributed by atoms with Crippen molar-refractivity contribution < 1.29 is 13.2 Å². The van der Waals surface area contributed by atoms with Crippen molar-refractivity contribution in [2.75, 3.05) is 11.1 Å². The number of carbonyl (C=O) groups is 1. The predicted octanol–water partition coefficient (Wildman–Crippen LogP) is 3.74. The smallest absolute Gasteiger partial charge is 0.266 e. The fourth-order valence-electron chi connectivity index (χ4n) is 4.06. The van der Waals surface area contributed by atoms with E-state index in [1.54, 1.807) is 13.0 Å². The van der Waals surface area contributed by atoms with E-state index in [2.05, 4.69) is 15.6 Å². The van der Waals surface area contributed by atoms with Crippen molar-refractivity contribution in [3.63, 3.8) is 0 Å². The average molecular weight is 467 g/mol. The Balaban J connectivity index is 1.60. The van der Waals surface area contributed by atoms with Crippen molar-refractivity contribution in [1.82, 2.24) is 10.3 Å². The van der Waals surface area contributed by atoms with Gasteiger partial charge in [-0.1, -0.05) is 24.6 Å². The first-order chi connectivity index (χ1) is 14.1. The number of amidine groups is 1. The molecule has 2 aromatic rings. The van der Waals surface area contributed by atoms with Gasteiger partial charge in [0.15, 0.2) is 9.84 Å². The van der Waals surface area contributed by atoms with Crippen LogP contribution in [0.4, 0.5) is 5.82 Å². The highest BCUT2D eigenvalue weighted by Crippen LogP contribution is 2.48. The number of sulfone groups is 1. The van der Waals surface area contributed by atoms with Crippen molar-refractivity contribution in [3.8, 4) is 0 Å². The third-order valence-electron chi connectivity index (χ3n) is 5.91. The Kier molecular flexibility index (Phi) is 5.19. The second kappa shape index (κ2) is 7.32. The van der Waals surface area contributed by atoms with Crippen LogP contribution in [0.3, 0.4) is 0 Å². The highest BCUT2D eigenvalue weighted by Gasteiger charge is 2.59. The van der Waals surface area contributed by atoms with Gasteiger partial charge in [-0.15, -0.1) is 11.3 Å². The summed E-state index contributed by atoms with van der Waals surface area (Å²) in [7, 11) is -3.52. The Morgan fingerprint density at radius 1 is 1.40 bits per heavy atom. The molecule has 1 spiro atoms. The number of amides is 1. The standard InChI is InChI=1S/C20H23ClN4O3S2/c1-3-12-6-4-7-15(23-12)24-17(26)14-10-13(21)16(29-14)19(2)11-30(27,28)20(8-5-9-20)18(22)25-19/h4,6-7,10H,3,5,8-9,11H2,1-2H3,(H2,22,25)(H,23,24,26)/t19-/m0/s1. The summed E-state index contributed by atoms with van der Waals surface area (Å²) in [5.41, 5.74) is -0.192. The Bertz CT molecular complexity index is 1140. The van der Waals surface area contributed by atoms with Gasteiger partial charge in [0.25, 0.3) is 5.91 Å². The largest absolute Gasteiger partial charge is 0.362 e. The number of hydrogen-bond acceptors (Lipinski definition) is 6. The second-order valence-electron chi connectivity index (χ2n) is 8.05. The van der Waals surface area contributed by atoms with E-state index < -0.39 is 20.1 Å². The van der Waals surface area contributed by atoms with Gasteiger partial charge in [-0.25, -0.2) is 13.4 Å². The first-order valence-electron chi connectivity index (χ1n) is 9.77. The number of aryl methyl sites for hydroxylation is 1. The minimum atomic E-state index is -3.52. The van der Waals surface area contributed by atoms with E-state index in [0.29, 0.717) is 33.4 Å². The lowest BCUT2D eigenvalue weighted by molar-refractivity contribution is 0.103. The van der Waals surface area contributed by atoms with Crippen molar-refractivity contribution in [3.05, 3.63) is 44.7 Å². The molecule has 4 rings (SSSR count). The maximum atomic E-state index is 13.0. The van der Waals surface area contributed by atoms with Crippen LogP contribution >= 0.6 is 22.9 Å². The first kappa shape index (κ1) is 21.3. The number of hydrogen-bond donors (Lipinski definition) is 3. The number of aromatic nitrogens is 1. The SMILES string of the molecule is CCc1cccc(NC(=O)c2cc(Cl)c([C@]3(C)CS(=O)(=O)C4(CCC4)C(=N)N3)s2)n1. The number of nitrogens with one attached hydrogen (secondary N) is 3. The number of thiophene rings is 1. The molecule has 2 fully saturated rings. The Labute approximate surface area is 184 Å². The molecule has 0 aromatic carbocycles. The molecule has 1 aliphatic carbocycles. The van der Waals surface area contributed by atoms with Gasteiger partial charge in [0, 0.05) is 5.69 Å². The predicted molar refractivity (Wildman–Crippen MR) is 119 cm³/mol. The number of carbonyl (C=O) groups excluding carboxylic acids is 1. The van der Waals surface area contributed by atoms with E-state index in [0.717, 1.165) is 29.9 Å². The van der Waals surface area contributed by atoms with Crippen LogP contribution in [-0.4, -0.2) is 35.6 Å². The lowest BCUT2D eigenvalue weighted by Gasteiger charge is -2.50. The molecule has 160 valence electrons. The molecule has 30 heavy (non-hydrogen) atoms. The van der Waals surface area contributed by atoms with Crippen LogP contribution in [0.15, 0.2) is 24.3 Å². The molecule has 2 aromatic heterocycles. The monoisotopic (exact) mass is 466 g/mol. The molecule has 1 saturated carbocycles. The minimum absolute atomic E-state index is 0.0264. The van der Waals surface area contributed by atoms with Crippen molar-refractivity contribution >= 4 is 50.3 Å². The summed E-state index contributed by atoms with van der Waals surface area (Å²) in [4.78, 5) is 18.0. The Morgan fingerprint density at radius 2 is 2.13 bits per heavy atom. The van der Waals surface area contributed by atoms with E-state index in [1.165, 1.54) is 6.07 Å². The number of halogens is 1. The van der Waals surface area contributed by atoms with Crippen LogP contribution in [-0.2, 0) is 21.8 Å². The van der Waals surface area contributed by atoms with Crippen LogP contribution in [0.1, 0.15) is 53.4 Å². The van der Waals surface area contributed by atoms with Gasteiger partial charge in [0.2, 0.25) is 0 Å². The van der Waals surface area contributed by atoms with E-state index in [4.69, 9.17) is 17.0 Å². The molecule has 3 heterocycles. The summed E-state index contributed by atoms with van der Waals surface area (Å²) in [6.07, 6.45) is 2.52. The van der Waals surface area contributed by atoms with Gasteiger partial charge in [-0.2, -0.15) is 0 Å². The fraction of sp³-hybridized carbons (Fsp3) is 0.450. The average Bonchev–Trinajstić information content (AvgIpc) is 3.02. The molecule has 1 atom stereocenters. The molecule has 0 radical (unpaired) electrons. The number of pyridine rings is 1. The van der Waals surface area contributed by atoms with Gasteiger partial charge in [-0.05, 0) is 50.8 Å². The first-order valence-corrected chi connectivity index (χ1v) is 12.6. The van der Waals surface area contributed by atoms with Gasteiger partial charge in [0.1, 0.15) is 16.4 Å². The van der Waals surface area contributed by atoms with Gasteiger partial charge in [0.05, 0.1) is 26.1 Å². The van der Waals surface area contributed by atoms with E-state index in [-0.39, 0.29) is 17.5 Å². The zero-order valence-corrected chi connectivity index (χ0v) is 19.1. The van der Waals surface area contributed by atoms with Crippen molar-refractivity contribution in [1.29, 1.82) is 5.41 Å². The highest BCUT2D eigenvalue weighted by atomic mass is 35.5. The van der Waals surface area contributed by atoms with E-state index in [9.17, 15) is 13.2 Å². The molecule has 1 saturated heterocycles. The number of anilines is 1. The molecule has 2 aliphatic rings. The van der Waals surface area contributed by atoms with Crippen LogP contribution < -0.4 is 10.6 Å². The third kappa shape index (κ3) is 3.33. The van der Waals surface area contributed by atoms with Crippen LogP contribution in [0, 0.1) is 5.41 Å². The quantitative estimate of drug-likeness (QED) is 0.635. The minimum Gasteiger partial charge on any atom is -0.362 e. The molecular weight excluding hydrogens is 444 g/mol. The normalized spacial score (nSPS) is 24.2. The Hall–Kier alpha value is -1.97. The molecule has 10 heteroatoms. The summed E-state index contributed by atoms with van der Waals surface area (Å²) in [6, 6.07) is 6.96. The van der Waals surface area contributed by atoms with E-state index in [1.807, 2.05) is 19.1 Å². The van der Waals surface area contributed by atoms with Gasteiger partial charge < -0.3 is 10.6 Å². The molecule has 1 amide bonds. The summed E-state index contributed by atoms with van der Waals surface area (Å²) >= 11 is 7.57. The number of rotatable bonds is 4. The maximum absolute atomic E-state index is 13.0. The lowest BCUT2D eigenvalue weighted by Crippen LogP contribution is -2.68. The zero-order valence-electron chi connectivity index (χ0n) is 16.7. The van der Waals surface area contributed by atoms with Crippen LogP contribution in [0.5, 0.6) is 0 Å². The Morgan fingerprint density at radius 3 is 2.73 bits per heavy atom. The second-order valence-corrected chi connectivity index (χ2v) is 11.8. The topological polar surface area (TPSA) is 112 Å². The molecule has 0 bridgehead atoms. The van der Waals surface area contributed by atoms with Crippen LogP contribution in [0.25, 0.3) is 0 Å². The molecule has 7 nitrogen and oxygen atoms in total. The van der Waals surface area contributed by atoms with Gasteiger partial charge in [-0.3, -0.25) is 10.2 Å². The highest BCUT2D eigenvalue weighted by molar-refractivity contribution is 7.93. The lowest BCUT2D eigenvalue weighted by atomic mass is 9.82. The fourth-order valence-corrected chi connectivity index (χ4v) is 8.22. The summed E-state index contributed by atoms with van der Waals surface area (Å²) in [5, 5.41) is 14.6. The van der Waals surface area contributed by atoms with Gasteiger partial charge >= 0.3 is 0 Å². The molecule has 3 N–H and O–H groups in total. The maximum Gasteiger partial charge on any atom is 0.266 e. The van der Waals surface area contributed by atoms with E-state index >= 15 is 0 Å². The molecular formula is C20H23ClN4O3S2. The molecule has 1 aliphatic heterocycles. The van der Waals surface area contributed by atoms with Crippen LogP contribution in [0.2, 0.25) is 5.02 Å². The summed E-state index contributed by atoms with van der Waals surface area (Å²) in [5.74, 6) is -0.0481. The van der Waals surface area contributed by atoms with Crippen molar-refractivity contribution in [2.24, 2.45) is 0 Å². The number of nitrogens with zero attached hydrogens (tertiary/aromatic N) is 1. The molecule has 0 unspecified atom stereocenters. The summed E-state index contributed by atoms with van der Waals surface area (Å²) in [6.45, 7) is 3.70.